The van der Waals surface area contributed by atoms with Gasteiger partial charge in [-0.05, 0) is 56.7 Å². The van der Waals surface area contributed by atoms with Crippen LogP contribution in [0.4, 0.5) is 0 Å². The molecule has 1 heterocycles. The number of carbonyl (C=O) groups excluding carboxylic acids is 1. The van der Waals surface area contributed by atoms with E-state index in [1.54, 1.807) is 10.6 Å². The standard InChI is InChI=1S/C22H25N3O3S/c1-4-15(3)23-20(26)14-29-22-24-19-9-7-6-8-18(19)21(27)25(22)16-10-12-17(13-11-16)28-5-2/h6-13,15H,4-5,14H2,1-3H3,(H,23,26)/t15-/m0/s1. The summed E-state index contributed by atoms with van der Waals surface area (Å²) < 4.78 is 7.05. The normalized spacial score (nSPS) is 12.0. The highest BCUT2D eigenvalue weighted by atomic mass is 32.2. The van der Waals surface area contributed by atoms with Crippen LogP contribution < -0.4 is 15.6 Å². The Hall–Kier alpha value is -2.80. The first-order valence-corrected chi connectivity index (χ1v) is 10.7. The number of nitrogens with zero attached hydrogens (tertiary/aromatic N) is 2. The van der Waals surface area contributed by atoms with Crippen molar-refractivity contribution in [2.45, 2.75) is 38.4 Å². The van der Waals surface area contributed by atoms with Gasteiger partial charge in [-0.2, -0.15) is 0 Å². The third kappa shape index (κ3) is 4.98. The Kier molecular flexibility index (Phi) is 6.93. The molecule has 1 aromatic heterocycles. The van der Waals surface area contributed by atoms with Gasteiger partial charge in [-0.15, -0.1) is 0 Å². The second kappa shape index (κ2) is 9.60. The molecule has 3 rings (SSSR count). The third-order valence-corrected chi connectivity index (χ3v) is 5.44. The van der Waals surface area contributed by atoms with Crippen LogP contribution in [0.1, 0.15) is 27.2 Å². The van der Waals surface area contributed by atoms with Gasteiger partial charge in [0.1, 0.15) is 5.75 Å². The summed E-state index contributed by atoms with van der Waals surface area (Å²) in [7, 11) is 0. The van der Waals surface area contributed by atoms with Crippen LogP contribution in [0.25, 0.3) is 16.6 Å². The van der Waals surface area contributed by atoms with E-state index in [9.17, 15) is 9.59 Å². The molecule has 2 aromatic carbocycles. The van der Waals surface area contributed by atoms with Crippen molar-refractivity contribution in [3.05, 3.63) is 58.9 Å². The molecule has 7 heteroatoms. The van der Waals surface area contributed by atoms with E-state index in [4.69, 9.17) is 4.74 Å². The number of rotatable bonds is 8. The van der Waals surface area contributed by atoms with E-state index in [1.807, 2.05) is 63.2 Å². The van der Waals surface area contributed by atoms with Crippen LogP contribution in [0.15, 0.2) is 58.5 Å². The third-order valence-electron chi connectivity index (χ3n) is 4.50. The van der Waals surface area contributed by atoms with Crippen molar-refractivity contribution in [2.24, 2.45) is 0 Å². The Labute approximate surface area is 174 Å². The molecule has 0 unspecified atom stereocenters. The Bertz CT molecular complexity index is 1050. The molecule has 0 radical (unpaired) electrons. The summed E-state index contributed by atoms with van der Waals surface area (Å²) in [5, 5.41) is 3.96. The van der Waals surface area contributed by atoms with Gasteiger partial charge in [0.2, 0.25) is 5.91 Å². The zero-order valence-corrected chi connectivity index (χ0v) is 17.7. The van der Waals surface area contributed by atoms with Gasteiger partial charge in [0.05, 0.1) is 29.0 Å². The lowest BCUT2D eigenvalue weighted by Gasteiger charge is -2.15. The molecule has 0 aliphatic rings. The lowest BCUT2D eigenvalue weighted by atomic mass is 10.2. The minimum atomic E-state index is -0.162. The van der Waals surface area contributed by atoms with Crippen LogP contribution >= 0.6 is 11.8 Å². The second-order valence-corrected chi connectivity index (χ2v) is 7.59. The number of benzene rings is 2. The minimum Gasteiger partial charge on any atom is -0.494 e. The van der Waals surface area contributed by atoms with E-state index in [-0.39, 0.29) is 23.3 Å². The van der Waals surface area contributed by atoms with Gasteiger partial charge >= 0.3 is 0 Å². The summed E-state index contributed by atoms with van der Waals surface area (Å²) in [5.74, 6) is 0.844. The van der Waals surface area contributed by atoms with Crippen LogP contribution in [-0.2, 0) is 4.79 Å². The van der Waals surface area contributed by atoms with E-state index in [2.05, 4.69) is 10.3 Å². The van der Waals surface area contributed by atoms with Crippen molar-refractivity contribution in [3.8, 4) is 11.4 Å². The quantitative estimate of drug-likeness (QED) is 0.451. The van der Waals surface area contributed by atoms with Gasteiger partial charge < -0.3 is 10.1 Å². The molecule has 1 N–H and O–H groups in total. The Morgan fingerprint density at radius 2 is 1.90 bits per heavy atom. The molecule has 1 atom stereocenters. The van der Waals surface area contributed by atoms with Crippen LogP contribution in [0, 0.1) is 0 Å². The number of hydrogen-bond acceptors (Lipinski definition) is 5. The molecule has 6 nitrogen and oxygen atoms in total. The fourth-order valence-electron chi connectivity index (χ4n) is 2.84. The smallest absolute Gasteiger partial charge is 0.266 e. The predicted octanol–water partition coefficient (Wildman–Crippen LogP) is 3.79. The molecule has 0 aliphatic carbocycles. The van der Waals surface area contributed by atoms with E-state index in [0.717, 1.165) is 12.2 Å². The summed E-state index contributed by atoms with van der Waals surface area (Å²) in [5.41, 5.74) is 1.13. The van der Waals surface area contributed by atoms with Crippen LogP contribution in [-0.4, -0.2) is 33.9 Å². The molecule has 0 saturated heterocycles. The van der Waals surface area contributed by atoms with Gasteiger partial charge in [0.25, 0.3) is 5.56 Å². The maximum absolute atomic E-state index is 13.2. The highest BCUT2D eigenvalue weighted by molar-refractivity contribution is 7.99. The van der Waals surface area contributed by atoms with E-state index < -0.39 is 0 Å². The van der Waals surface area contributed by atoms with Gasteiger partial charge in [0.15, 0.2) is 5.16 Å². The molecular formula is C22H25N3O3S. The number of hydrogen-bond donors (Lipinski definition) is 1. The topological polar surface area (TPSA) is 73.2 Å². The molecule has 0 spiro atoms. The van der Waals surface area contributed by atoms with E-state index in [0.29, 0.717) is 28.4 Å². The molecule has 1 amide bonds. The first-order chi connectivity index (χ1) is 14.0. The number of thioether (sulfide) groups is 1. The zero-order chi connectivity index (χ0) is 20.8. The molecule has 0 aliphatic heterocycles. The maximum atomic E-state index is 13.2. The van der Waals surface area contributed by atoms with Gasteiger partial charge in [0, 0.05) is 6.04 Å². The molecule has 0 fully saturated rings. The van der Waals surface area contributed by atoms with Crippen LogP contribution in [0.3, 0.4) is 0 Å². The largest absolute Gasteiger partial charge is 0.494 e. The van der Waals surface area contributed by atoms with Crippen molar-refractivity contribution in [2.75, 3.05) is 12.4 Å². The summed E-state index contributed by atoms with van der Waals surface area (Å²) in [6.45, 7) is 6.48. The SMILES string of the molecule is CCOc1ccc(-n2c(SCC(=O)N[C@@H](C)CC)nc3ccccc3c2=O)cc1. The van der Waals surface area contributed by atoms with Crippen molar-refractivity contribution in [3.63, 3.8) is 0 Å². The minimum absolute atomic E-state index is 0.0787. The summed E-state index contributed by atoms with van der Waals surface area (Å²) in [6, 6.07) is 14.6. The fourth-order valence-corrected chi connectivity index (χ4v) is 3.67. The van der Waals surface area contributed by atoms with E-state index >= 15 is 0 Å². The fraction of sp³-hybridized carbons (Fsp3) is 0.318. The van der Waals surface area contributed by atoms with Gasteiger partial charge in [-0.25, -0.2) is 4.98 Å². The highest BCUT2D eigenvalue weighted by Gasteiger charge is 2.15. The van der Waals surface area contributed by atoms with Crippen molar-refractivity contribution < 1.29 is 9.53 Å². The first-order valence-electron chi connectivity index (χ1n) is 9.70. The lowest BCUT2D eigenvalue weighted by Crippen LogP contribution is -2.33. The maximum Gasteiger partial charge on any atom is 0.266 e. The Morgan fingerprint density at radius 1 is 1.17 bits per heavy atom. The lowest BCUT2D eigenvalue weighted by molar-refractivity contribution is -0.119. The molecular weight excluding hydrogens is 386 g/mol. The monoisotopic (exact) mass is 411 g/mol. The number of ether oxygens (including phenoxy) is 1. The van der Waals surface area contributed by atoms with Crippen molar-refractivity contribution in [1.82, 2.24) is 14.9 Å². The molecule has 29 heavy (non-hydrogen) atoms. The number of nitrogens with one attached hydrogen (secondary N) is 1. The average Bonchev–Trinajstić information content (AvgIpc) is 2.73. The zero-order valence-electron chi connectivity index (χ0n) is 16.8. The van der Waals surface area contributed by atoms with Gasteiger partial charge in [-0.1, -0.05) is 30.8 Å². The first kappa shape index (κ1) is 20.9. The van der Waals surface area contributed by atoms with Crippen molar-refractivity contribution >= 4 is 28.6 Å². The van der Waals surface area contributed by atoms with Crippen LogP contribution in [0.5, 0.6) is 5.75 Å². The Balaban J connectivity index is 1.99. The van der Waals surface area contributed by atoms with Crippen LogP contribution in [0.2, 0.25) is 0 Å². The number of fused-ring (bicyclic) bond motifs is 1. The van der Waals surface area contributed by atoms with Gasteiger partial charge in [-0.3, -0.25) is 14.2 Å². The number of carbonyl (C=O) groups is 1. The number of para-hydroxylation sites is 1. The number of aromatic nitrogens is 2. The summed E-state index contributed by atoms with van der Waals surface area (Å²) >= 11 is 1.25. The predicted molar refractivity (Wildman–Crippen MR) is 117 cm³/mol. The summed E-state index contributed by atoms with van der Waals surface area (Å²) in [4.78, 5) is 30.1. The Morgan fingerprint density at radius 3 is 2.59 bits per heavy atom. The molecule has 3 aromatic rings. The summed E-state index contributed by atoms with van der Waals surface area (Å²) in [6.07, 6.45) is 0.863. The molecule has 152 valence electrons. The second-order valence-electron chi connectivity index (χ2n) is 6.64. The van der Waals surface area contributed by atoms with Crippen molar-refractivity contribution in [1.29, 1.82) is 0 Å². The molecule has 0 saturated carbocycles. The average molecular weight is 412 g/mol. The molecule has 0 bridgehead atoms. The number of amides is 1. The van der Waals surface area contributed by atoms with E-state index in [1.165, 1.54) is 11.8 Å². The highest BCUT2D eigenvalue weighted by Crippen LogP contribution is 2.23.